The van der Waals surface area contributed by atoms with E-state index in [1.807, 2.05) is 47.8 Å². The molecule has 3 amide bonds. The van der Waals surface area contributed by atoms with Crippen LogP contribution in [0.15, 0.2) is 60.1 Å². The molecule has 0 aliphatic carbocycles. The van der Waals surface area contributed by atoms with E-state index in [1.165, 1.54) is 6.08 Å². The van der Waals surface area contributed by atoms with Gasteiger partial charge in [0, 0.05) is 34.6 Å². The molecule has 0 spiro atoms. The van der Waals surface area contributed by atoms with Crippen molar-refractivity contribution >= 4 is 46.2 Å². The van der Waals surface area contributed by atoms with Crippen LogP contribution < -0.4 is 10.6 Å². The summed E-state index contributed by atoms with van der Waals surface area (Å²) in [6.07, 6.45) is 5.15. The molecule has 0 aliphatic heterocycles. The summed E-state index contributed by atoms with van der Waals surface area (Å²) in [5, 5.41) is 7.60. The SMILES string of the molecule is O=C(COC(=O)/C=C/c1cccc2cccnc12)NC(=O)NCCc1cccs1. The first-order chi connectivity index (χ1) is 14.1. The molecule has 7 nitrogen and oxygen atoms in total. The molecule has 0 atom stereocenters. The molecule has 0 fully saturated rings. The number of pyridine rings is 1. The Balaban J connectivity index is 1.40. The number of hydrogen-bond donors (Lipinski definition) is 2. The van der Waals surface area contributed by atoms with Crippen LogP contribution in [0.5, 0.6) is 0 Å². The van der Waals surface area contributed by atoms with Gasteiger partial charge in [-0.2, -0.15) is 0 Å². The number of carbonyl (C=O) groups excluding carboxylic acids is 3. The molecule has 148 valence electrons. The summed E-state index contributed by atoms with van der Waals surface area (Å²) < 4.78 is 4.87. The first kappa shape index (κ1) is 20.2. The van der Waals surface area contributed by atoms with Crippen molar-refractivity contribution < 1.29 is 19.1 Å². The smallest absolute Gasteiger partial charge is 0.331 e. The molecular formula is C21H19N3O4S. The van der Waals surface area contributed by atoms with E-state index in [2.05, 4.69) is 15.6 Å². The van der Waals surface area contributed by atoms with Crippen LogP contribution in [0.1, 0.15) is 10.4 Å². The second-order valence-corrected chi connectivity index (χ2v) is 7.03. The standard InChI is InChI=1S/C21H19N3O4S/c25-18(24-21(27)23-12-10-17-7-3-13-29-17)14-28-19(26)9-8-16-5-1-4-15-6-2-11-22-20(15)16/h1-9,11,13H,10,12,14H2,(H2,23,24,25,27)/b9-8+. The van der Waals surface area contributed by atoms with E-state index in [4.69, 9.17) is 4.74 Å². The Kier molecular flexibility index (Phi) is 7.07. The number of amides is 3. The zero-order chi connectivity index (χ0) is 20.5. The molecule has 0 unspecified atom stereocenters. The fraction of sp³-hybridized carbons (Fsp3) is 0.143. The lowest BCUT2D eigenvalue weighted by molar-refractivity contribution is -0.143. The minimum atomic E-state index is -0.702. The molecule has 29 heavy (non-hydrogen) atoms. The van der Waals surface area contributed by atoms with Gasteiger partial charge in [-0.1, -0.05) is 30.3 Å². The molecule has 2 aromatic heterocycles. The Morgan fingerprint density at radius 2 is 1.97 bits per heavy atom. The van der Waals surface area contributed by atoms with Gasteiger partial charge in [-0.3, -0.25) is 15.1 Å². The van der Waals surface area contributed by atoms with Crippen LogP contribution in [0.3, 0.4) is 0 Å². The van der Waals surface area contributed by atoms with Crippen LogP contribution in [0.25, 0.3) is 17.0 Å². The second kappa shape index (κ2) is 10.1. The Hall–Kier alpha value is -3.52. The van der Waals surface area contributed by atoms with Crippen LogP contribution in [-0.2, 0) is 20.7 Å². The van der Waals surface area contributed by atoms with Crippen LogP contribution in [0.4, 0.5) is 4.79 Å². The number of fused-ring (bicyclic) bond motifs is 1. The lowest BCUT2D eigenvalue weighted by atomic mass is 10.1. The van der Waals surface area contributed by atoms with Gasteiger partial charge in [-0.15, -0.1) is 11.3 Å². The monoisotopic (exact) mass is 409 g/mol. The molecule has 0 saturated heterocycles. The Bertz CT molecular complexity index is 1030. The molecule has 1 aromatic carbocycles. The van der Waals surface area contributed by atoms with Crippen LogP contribution >= 0.6 is 11.3 Å². The highest BCUT2D eigenvalue weighted by atomic mass is 32.1. The van der Waals surface area contributed by atoms with Gasteiger partial charge >= 0.3 is 12.0 Å². The van der Waals surface area contributed by atoms with Crippen LogP contribution in [-0.4, -0.2) is 36.0 Å². The van der Waals surface area contributed by atoms with Crippen molar-refractivity contribution in [1.29, 1.82) is 0 Å². The van der Waals surface area contributed by atoms with E-state index < -0.39 is 24.5 Å². The van der Waals surface area contributed by atoms with Crippen molar-refractivity contribution in [2.24, 2.45) is 0 Å². The highest BCUT2D eigenvalue weighted by Crippen LogP contribution is 2.17. The summed E-state index contributed by atoms with van der Waals surface area (Å²) in [7, 11) is 0. The minimum Gasteiger partial charge on any atom is -0.452 e. The number of ether oxygens (including phenoxy) is 1. The number of aromatic nitrogens is 1. The summed E-state index contributed by atoms with van der Waals surface area (Å²) in [5.41, 5.74) is 1.52. The van der Waals surface area contributed by atoms with Crippen LogP contribution in [0.2, 0.25) is 0 Å². The maximum atomic E-state index is 11.8. The number of nitrogens with one attached hydrogen (secondary N) is 2. The fourth-order valence-corrected chi connectivity index (χ4v) is 3.27. The lowest BCUT2D eigenvalue weighted by Gasteiger charge is -2.06. The van der Waals surface area contributed by atoms with E-state index in [1.54, 1.807) is 23.6 Å². The number of para-hydroxylation sites is 1. The average Bonchev–Trinajstić information content (AvgIpc) is 3.24. The van der Waals surface area contributed by atoms with Crippen molar-refractivity contribution in [2.45, 2.75) is 6.42 Å². The quantitative estimate of drug-likeness (QED) is 0.462. The molecule has 3 rings (SSSR count). The number of hydrogen-bond acceptors (Lipinski definition) is 6. The van der Waals surface area contributed by atoms with Gasteiger partial charge in [0.15, 0.2) is 6.61 Å². The number of urea groups is 1. The molecule has 2 N–H and O–H groups in total. The number of carbonyl (C=O) groups is 3. The third-order valence-electron chi connectivity index (χ3n) is 3.90. The summed E-state index contributed by atoms with van der Waals surface area (Å²) >= 11 is 1.60. The fourth-order valence-electron chi connectivity index (χ4n) is 2.57. The van der Waals surface area contributed by atoms with Gasteiger partial charge in [0.05, 0.1) is 5.52 Å². The number of benzene rings is 1. The number of esters is 1. The van der Waals surface area contributed by atoms with E-state index >= 15 is 0 Å². The third-order valence-corrected chi connectivity index (χ3v) is 4.83. The maximum absolute atomic E-state index is 11.8. The van der Waals surface area contributed by atoms with Crippen molar-refractivity contribution in [2.75, 3.05) is 13.2 Å². The Labute approximate surface area is 171 Å². The normalized spacial score (nSPS) is 10.8. The molecule has 0 radical (unpaired) electrons. The largest absolute Gasteiger partial charge is 0.452 e. The van der Waals surface area contributed by atoms with Gasteiger partial charge in [0.1, 0.15) is 0 Å². The third kappa shape index (κ3) is 6.25. The molecule has 3 aromatic rings. The lowest BCUT2D eigenvalue weighted by Crippen LogP contribution is -2.42. The topological polar surface area (TPSA) is 97.4 Å². The number of thiophene rings is 1. The highest BCUT2D eigenvalue weighted by Gasteiger charge is 2.09. The van der Waals surface area contributed by atoms with E-state index in [-0.39, 0.29) is 0 Å². The molecule has 0 bridgehead atoms. The molecule has 0 saturated carbocycles. The van der Waals surface area contributed by atoms with Gasteiger partial charge in [-0.05, 0) is 30.0 Å². The summed E-state index contributed by atoms with van der Waals surface area (Å²) in [6.45, 7) is -0.142. The summed E-state index contributed by atoms with van der Waals surface area (Å²) in [6, 6.07) is 12.6. The second-order valence-electron chi connectivity index (χ2n) is 6.00. The van der Waals surface area contributed by atoms with Gasteiger partial charge in [0.2, 0.25) is 0 Å². The summed E-state index contributed by atoms with van der Waals surface area (Å²) in [4.78, 5) is 40.6. The van der Waals surface area contributed by atoms with Gasteiger partial charge in [0.25, 0.3) is 5.91 Å². The zero-order valence-electron chi connectivity index (χ0n) is 15.5. The van der Waals surface area contributed by atoms with Gasteiger partial charge in [-0.25, -0.2) is 9.59 Å². The molecule has 0 aliphatic rings. The average molecular weight is 409 g/mol. The zero-order valence-corrected chi connectivity index (χ0v) is 16.3. The number of rotatable bonds is 7. The maximum Gasteiger partial charge on any atom is 0.331 e. The number of imide groups is 1. The van der Waals surface area contributed by atoms with Crippen molar-refractivity contribution in [3.63, 3.8) is 0 Å². The van der Waals surface area contributed by atoms with Gasteiger partial charge < -0.3 is 10.1 Å². The minimum absolute atomic E-state index is 0.404. The van der Waals surface area contributed by atoms with E-state index in [9.17, 15) is 14.4 Å². The highest BCUT2D eigenvalue weighted by molar-refractivity contribution is 7.09. The Morgan fingerprint density at radius 3 is 2.79 bits per heavy atom. The van der Waals surface area contributed by atoms with Crippen molar-refractivity contribution in [3.05, 3.63) is 70.6 Å². The van der Waals surface area contributed by atoms with Crippen molar-refractivity contribution in [1.82, 2.24) is 15.6 Å². The number of nitrogens with zero attached hydrogens (tertiary/aromatic N) is 1. The Morgan fingerprint density at radius 1 is 1.10 bits per heavy atom. The predicted molar refractivity (Wildman–Crippen MR) is 111 cm³/mol. The first-order valence-corrected chi connectivity index (χ1v) is 9.78. The molecular weight excluding hydrogens is 390 g/mol. The van der Waals surface area contributed by atoms with E-state index in [0.29, 0.717) is 13.0 Å². The first-order valence-electron chi connectivity index (χ1n) is 8.90. The predicted octanol–water partition coefficient (Wildman–Crippen LogP) is 2.92. The molecule has 2 heterocycles. The summed E-state index contributed by atoms with van der Waals surface area (Å²) in [5.74, 6) is -1.39. The van der Waals surface area contributed by atoms with Crippen LogP contribution in [0, 0.1) is 0 Å². The van der Waals surface area contributed by atoms with Crippen molar-refractivity contribution in [3.8, 4) is 0 Å². The molecule has 8 heteroatoms. The van der Waals surface area contributed by atoms with E-state index in [0.717, 1.165) is 21.3 Å².